The summed E-state index contributed by atoms with van der Waals surface area (Å²) < 4.78 is 26.5. The molecule has 0 unspecified atom stereocenters. The third kappa shape index (κ3) is 4.78. The standard InChI is InChI=1S/C15H19N3O3S2/c1-18(2)13-7-5-12(6-8-13)15(19)16-9-10-17-23(20,21)14-4-3-11-22-14/h3-8,11,17H,9-10H2,1-2H3,(H,16,19). The molecule has 1 aromatic carbocycles. The van der Waals surface area contributed by atoms with Gasteiger partial charge < -0.3 is 10.2 Å². The van der Waals surface area contributed by atoms with Crippen molar-refractivity contribution in [3.05, 3.63) is 47.3 Å². The number of carbonyl (C=O) groups excluding carboxylic acids is 1. The van der Waals surface area contributed by atoms with Crippen LogP contribution in [0.3, 0.4) is 0 Å². The Kier molecular flexibility index (Phi) is 5.75. The third-order valence-corrected chi connectivity index (χ3v) is 5.97. The topological polar surface area (TPSA) is 78.5 Å². The normalized spacial score (nSPS) is 11.2. The van der Waals surface area contributed by atoms with Crippen LogP contribution in [0.15, 0.2) is 46.0 Å². The maximum atomic E-state index is 12.0. The molecule has 23 heavy (non-hydrogen) atoms. The van der Waals surface area contributed by atoms with E-state index in [0.29, 0.717) is 5.56 Å². The Labute approximate surface area is 140 Å². The SMILES string of the molecule is CN(C)c1ccc(C(=O)NCCNS(=O)(=O)c2cccs2)cc1. The zero-order valence-electron chi connectivity index (χ0n) is 12.9. The first-order valence-corrected chi connectivity index (χ1v) is 9.35. The van der Waals surface area contributed by atoms with Crippen LogP contribution in [-0.4, -0.2) is 41.5 Å². The van der Waals surface area contributed by atoms with Crippen LogP contribution in [-0.2, 0) is 10.0 Å². The van der Waals surface area contributed by atoms with E-state index in [4.69, 9.17) is 0 Å². The first kappa shape index (κ1) is 17.5. The lowest BCUT2D eigenvalue weighted by Gasteiger charge is -2.12. The molecule has 0 aliphatic heterocycles. The highest BCUT2D eigenvalue weighted by Gasteiger charge is 2.14. The largest absolute Gasteiger partial charge is 0.378 e. The number of benzene rings is 1. The summed E-state index contributed by atoms with van der Waals surface area (Å²) in [5, 5.41) is 4.39. The Hall–Kier alpha value is -1.90. The van der Waals surface area contributed by atoms with Crippen molar-refractivity contribution in [1.82, 2.24) is 10.0 Å². The molecule has 2 N–H and O–H groups in total. The van der Waals surface area contributed by atoms with Gasteiger partial charge in [0.05, 0.1) is 0 Å². The van der Waals surface area contributed by atoms with E-state index in [-0.39, 0.29) is 23.2 Å². The number of rotatable bonds is 7. The summed E-state index contributed by atoms with van der Waals surface area (Å²) in [4.78, 5) is 13.9. The Balaban J connectivity index is 1.81. The minimum atomic E-state index is -3.48. The Bertz CT molecular complexity index is 739. The van der Waals surface area contributed by atoms with Gasteiger partial charge in [-0.05, 0) is 35.7 Å². The molecule has 0 fully saturated rings. The van der Waals surface area contributed by atoms with Gasteiger partial charge in [0.1, 0.15) is 4.21 Å². The highest BCUT2D eigenvalue weighted by Crippen LogP contribution is 2.15. The molecule has 1 amide bonds. The molecule has 0 atom stereocenters. The molecule has 6 nitrogen and oxygen atoms in total. The van der Waals surface area contributed by atoms with Gasteiger partial charge in [0.25, 0.3) is 5.91 Å². The van der Waals surface area contributed by atoms with Gasteiger partial charge in [0, 0.05) is 38.4 Å². The van der Waals surface area contributed by atoms with Gasteiger partial charge in [0.2, 0.25) is 10.0 Å². The monoisotopic (exact) mass is 353 g/mol. The fourth-order valence-electron chi connectivity index (χ4n) is 1.86. The second-order valence-electron chi connectivity index (χ2n) is 5.03. The Morgan fingerprint density at radius 2 is 1.83 bits per heavy atom. The van der Waals surface area contributed by atoms with Crippen molar-refractivity contribution in [2.45, 2.75) is 4.21 Å². The molecular formula is C15H19N3O3S2. The molecule has 8 heteroatoms. The minimum absolute atomic E-state index is 0.141. The molecule has 2 aromatic rings. The number of sulfonamides is 1. The maximum absolute atomic E-state index is 12.0. The Morgan fingerprint density at radius 1 is 1.13 bits per heavy atom. The van der Waals surface area contributed by atoms with Gasteiger partial charge in [-0.3, -0.25) is 4.79 Å². The fourth-order valence-corrected chi connectivity index (χ4v) is 3.93. The molecule has 0 radical (unpaired) electrons. The van der Waals surface area contributed by atoms with Gasteiger partial charge in [-0.1, -0.05) is 6.07 Å². The summed E-state index contributed by atoms with van der Waals surface area (Å²) in [6, 6.07) is 10.4. The van der Waals surface area contributed by atoms with E-state index in [9.17, 15) is 13.2 Å². The predicted molar refractivity (Wildman–Crippen MR) is 92.6 cm³/mol. The smallest absolute Gasteiger partial charge is 0.251 e. The summed E-state index contributed by atoms with van der Waals surface area (Å²) in [5.41, 5.74) is 1.54. The van der Waals surface area contributed by atoms with Gasteiger partial charge in [0.15, 0.2) is 0 Å². The van der Waals surface area contributed by atoms with Crippen LogP contribution in [0, 0.1) is 0 Å². The van der Waals surface area contributed by atoms with Gasteiger partial charge in [-0.2, -0.15) is 0 Å². The molecule has 0 saturated heterocycles. The highest BCUT2D eigenvalue weighted by atomic mass is 32.2. The van der Waals surface area contributed by atoms with Crippen molar-refractivity contribution >= 4 is 33.0 Å². The van der Waals surface area contributed by atoms with Gasteiger partial charge in [-0.25, -0.2) is 13.1 Å². The number of hydrogen-bond donors (Lipinski definition) is 2. The number of nitrogens with one attached hydrogen (secondary N) is 2. The van der Waals surface area contributed by atoms with Crippen molar-refractivity contribution < 1.29 is 13.2 Å². The molecule has 0 aliphatic carbocycles. The average molecular weight is 353 g/mol. The lowest BCUT2D eigenvalue weighted by molar-refractivity contribution is 0.0954. The third-order valence-electron chi connectivity index (χ3n) is 3.11. The number of amides is 1. The molecule has 0 spiro atoms. The first-order chi connectivity index (χ1) is 10.9. The summed E-state index contributed by atoms with van der Waals surface area (Å²) in [6.07, 6.45) is 0. The van der Waals surface area contributed by atoms with Gasteiger partial charge in [-0.15, -0.1) is 11.3 Å². The van der Waals surface area contributed by atoms with E-state index in [1.807, 2.05) is 31.1 Å². The number of thiophene rings is 1. The van der Waals surface area contributed by atoms with E-state index in [1.165, 1.54) is 6.07 Å². The molecular weight excluding hydrogens is 334 g/mol. The number of carbonyl (C=O) groups is 1. The van der Waals surface area contributed by atoms with Crippen LogP contribution in [0.4, 0.5) is 5.69 Å². The second-order valence-corrected chi connectivity index (χ2v) is 7.97. The van der Waals surface area contributed by atoms with E-state index in [2.05, 4.69) is 10.0 Å². The van der Waals surface area contributed by atoms with E-state index < -0.39 is 10.0 Å². The van der Waals surface area contributed by atoms with Crippen LogP contribution < -0.4 is 14.9 Å². The maximum Gasteiger partial charge on any atom is 0.251 e. The number of nitrogens with zero attached hydrogens (tertiary/aromatic N) is 1. The summed E-state index contributed by atoms with van der Waals surface area (Å²) in [7, 11) is 0.368. The van der Waals surface area contributed by atoms with Crippen LogP contribution in [0.5, 0.6) is 0 Å². The van der Waals surface area contributed by atoms with E-state index in [1.54, 1.807) is 23.6 Å². The van der Waals surface area contributed by atoms with Crippen molar-refractivity contribution in [2.24, 2.45) is 0 Å². The lowest BCUT2D eigenvalue weighted by Crippen LogP contribution is -2.34. The molecule has 0 bridgehead atoms. The van der Waals surface area contributed by atoms with E-state index >= 15 is 0 Å². The van der Waals surface area contributed by atoms with Gasteiger partial charge >= 0.3 is 0 Å². The predicted octanol–water partition coefficient (Wildman–Crippen LogP) is 1.52. The highest BCUT2D eigenvalue weighted by molar-refractivity contribution is 7.91. The van der Waals surface area contributed by atoms with Crippen LogP contribution >= 0.6 is 11.3 Å². The fraction of sp³-hybridized carbons (Fsp3) is 0.267. The van der Waals surface area contributed by atoms with Crippen molar-refractivity contribution in [3.63, 3.8) is 0 Å². The second kappa shape index (κ2) is 7.58. The van der Waals surface area contributed by atoms with Crippen LogP contribution in [0.2, 0.25) is 0 Å². The minimum Gasteiger partial charge on any atom is -0.378 e. The molecule has 0 saturated carbocycles. The zero-order valence-corrected chi connectivity index (χ0v) is 14.6. The number of anilines is 1. The van der Waals surface area contributed by atoms with Crippen LogP contribution in [0.1, 0.15) is 10.4 Å². The average Bonchev–Trinajstić information content (AvgIpc) is 3.07. The molecule has 1 aromatic heterocycles. The molecule has 1 heterocycles. The first-order valence-electron chi connectivity index (χ1n) is 6.99. The van der Waals surface area contributed by atoms with Crippen LogP contribution in [0.25, 0.3) is 0 Å². The Morgan fingerprint density at radius 3 is 2.39 bits per heavy atom. The number of hydrogen-bond acceptors (Lipinski definition) is 5. The van der Waals surface area contributed by atoms with Crippen molar-refractivity contribution in [3.8, 4) is 0 Å². The van der Waals surface area contributed by atoms with Crippen molar-refractivity contribution in [1.29, 1.82) is 0 Å². The quantitative estimate of drug-likeness (QED) is 0.740. The molecule has 0 aliphatic rings. The zero-order chi connectivity index (χ0) is 16.9. The summed E-state index contributed by atoms with van der Waals surface area (Å²) in [5.74, 6) is -0.231. The summed E-state index contributed by atoms with van der Waals surface area (Å²) >= 11 is 1.15. The summed E-state index contributed by atoms with van der Waals surface area (Å²) in [6.45, 7) is 0.362. The van der Waals surface area contributed by atoms with E-state index in [0.717, 1.165) is 17.0 Å². The molecule has 124 valence electrons. The molecule has 2 rings (SSSR count). The lowest BCUT2D eigenvalue weighted by atomic mass is 10.2. The van der Waals surface area contributed by atoms with Crippen molar-refractivity contribution in [2.75, 3.05) is 32.1 Å².